The first-order valence-electron chi connectivity index (χ1n) is 0.200. The third-order valence-corrected chi connectivity index (χ3v) is 0. The summed E-state index contributed by atoms with van der Waals surface area (Å²) < 4.78 is 0. The molecular formula is H6O3Ti3V2+2. The molecule has 0 unspecified atom stereocenters. The van der Waals surface area contributed by atoms with Gasteiger partial charge >= 0.3 is 2.85 Å². The molecule has 0 saturated carbocycles. The van der Waals surface area contributed by atoms with Gasteiger partial charge in [0.25, 0.3) is 0 Å². The molecule has 0 aromatic carbocycles. The number of hydrogen-bond donors (Lipinski definition) is 2. The molecule has 0 atom stereocenters. The Hall–Kier alpha value is 3.19. The fourth-order valence-corrected chi connectivity index (χ4v) is 0. The standard InChI is InChI=1S/H2O2.H2O.3Ti.2V/c1-2;;;;;;/h1-2H;1H2;;;;;/p+2. The van der Waals surface area contributed by atoms with Gasteiger partial charge in [-0.3, -0.25) is 10.5 Å². The van der Waals surface area contributed by atoms with Crippen molar-refractivity contribution in [3.8, 4) is 0 Å². The topological polar surface area (TPSA) is 72.0 Å². The summed E-state index contributed by atoms with van der Waals surface area (Å²) in [7, 11) is 0. The second-order valence-corrected chi connectivity index (χ2v) is 0. The minimum Gasteiger partial charge on any atom is -0.412 e. The summed E-state index contributed by atoms with van der Waals surface area (Å²) in [6.07, 6.45) is 0. The first kappa shape index (κ1) is 66.2. The second-order valence-electron chi connectivity index (χ2n) is 0. The van der Waals surface area contributed by atoms with Crippen LogP contribution in [0.2, 0.25) is 0 Å². The molecule has 4 N–H and O–H groups in total. The van der Waals surface area contributed by atoms with Crippen LogP contribution in [0.15, 0.2) is 0 Å². The molecule has 0 spiro atoms. The summed E-state index contributed by atoms with van der Waals surface area (Å²) in [5, 5.41) is 12.0. The maximum absolute atomic E-state index is 6.00. The van der Waals surface area contributed by atoms with Gasteiger partial charge in [-0.1, -0.05) is 0 Å². The van der Waals surface area contributed by atoms with Gasteiger partial charge in [0.2, 0.25) is 0 Å². The fourth-order valence-electron chi connectivity index (χ4n) is 0. The minimum absolute atomic E-state index is 0. The zero-order chi connectivity index (χ0) is 2.00. The van der Waals surface area contributed by atoms with E-state index in [9.17, 15) is 0 Å². The van der Waals surface area contributed by atoms with Crippen molar-refractivity contribution in [3.63, 3.8) is 0 Å². The Morgan fingerprint density at radius 2 is 0.750 bits per heavy atom. The summed E-state index contributed by atoms with van der Waals surface area (Å²) in [5.41, 5.74) is 0. The Morgan fingerprint density at radius 1 is 0.750 bits per heavy atom. The van der Waals surface area contributed by atoms with E-state index in [1.165, 1.54) is 0 Å². The van der Waals surface area contributed by atoms with Crippen molar-refractivity contribution in [1.82, 2.24) is 0 Å². The predicted octanol–water partition coefficient (Wildman–Crippen LogP) is -0.595. The number of hydrogen-bond acceptors (Lipinski definition) is 2. The molecular weight excluding hydrogens is 293 g/mol. The molecule has 0 heterocycles. The molecule has 0 aromatic rings. The normalized spacial score (nSPS) is 0.750. The van der Waals surface area contributed by atoms with Gasteiger partial charge in [0, 0.05) is 102 Å². The minimum atomic E-state index is 0. The second kappa shape index (κ2) is 84.5. The first-order valence-corrected chi connectivity index (χ1v) is 0.200. The molecule has 2 radical (unpaired) electrons. The van der Waals surface area contributed by atoms with E-state index in [1.54, 1.807) is 0 Å². The summed E-state index contributed by atoms with van der Waals surface area (Å²) in [5.74, 6) is 0. The van der Waals surface area contributed by atoms with Crippen LogP contribution in [0, 0.1) is 0 Å². The van der Waals surface area contributed by atoms with Crippen molar-refractivity contribution in [3.05, 3.63) is 0 Å². The van der Waals surface area contributed by atoms with Crippen LogP contribution in [-0.2, 0) is 102 Å². The van der Waals surface area contributed by atoms with Crippen LogP contribution in [0.25, 0.3) is 0 Å². The van der Waals surface area contributed by atoms with E-state index >= 15 is 0 Å². The maximum atomic E-state index is 6.00. The van der Waals surface area contributed by atoms with Crippen LogP contribution in [-0.4, -0.2) is 16.0 Å². The van der Waals surface area contributed by atoms with E-state index in [0.717, 1.165) is 0 Å². The fraction of sp³-hybridized carbons (Fsp3) is 0. The van der Waals surface area contributed by atoms with E-state index in [0.29, 0.717) is 0 Å². The van der Waals surface area contributed by atoms with Gasteiger partial charge in [0.15, 0.2) is 0 Å². The average Bonchev–Trinajstić information content (AvgIpc) is 1.00. The Bertz CT molecular complexity index is 19.7. The van der Waals surface area contributed by atoms with Crippen molar-refractivity contribution in [1.29, 1.82) is 0 Å². The molecule has 0 bridgehead atoms. The molecule has 3 nitrogen and oxygen atoms in total. The first-order chi connectivity index (χ1) is 1.00. The van der Waals surface area contributed by atoms with E-state index in [1.807, 2.05) is 0 Å². The van der Waals surface area contributed by atoms with Crippen molar-refractivity contribution >= 4 is 0 Å². The smallest absolute Gasteiger partial charge is 0.412 e. The molecule has 8 heavy (non-hydrogen) atoms. The Balaban J connectivity index is -0.000000000179. The van der Waals surface area contributed by atoms with E-state index < -0.39 is 0 Å². The Kier molecular flexibility index (Phi) is 699. The van der Waals surface area contributed by atoms with E-state index in [4.69, 9.17) is 10.5 Å². The molecule has 0 aliphatic rings. The summed E-state index contributed by atoms with van der Waals surface area (Å²) in [6, 6.07) is 0. The zero-order valence-corrected chi connectivity index (χ0v) is 11.3. The van der Waals surface area contributed by atoms with Crippen molar-refractivity contribution in [2.45, 2.75) is 0 Å². The largest absolute Gasteiger partial charge is 1.00 e. The summed E-state index contributed by atoms with van der Waals surface area (Å²) >= 11 is 0. The third kappa shape index (κ3) is 60.5. The average molecular weight is 300 g/mol. The van der Waals surface area contributed by atoms with Crippen molar-refractivity contribution in [2.75, 3.05) is 0 Å². The Morgan fingerprint density at radius 3 is 0.750 bits per heavy atom. The maximum Gasteiger partial charge on any atom is 1.00 e. The van der Waals surface area contributed by atoms with E-state index in [-0.39, 0.29) is 111 Å². The van der Waals surface area contributed by atoms with Crippen LogP contribution in [0.5, 0.6) is 0 Å². The van der Waals surface area contributed by atoms with Crippen LogP contribution in [0.4, 0.5) is 0 Å². The van der Waals surface area contributed by atoms with Crippen molar-refractivity contribution in [2.24, 2.45) is 0 Å². The van der Waals surface area contributed by atoms with Gasteiger partial charge in [-0.25, -0.2) is 0 Å². The number of rotatable bonds is 0. The van der Waals surface area contributed by atoms with Crippen LogP contribution < -0.4 is 0 Å². The van der Waals surface area contributed by atoms with Gasteiger partial charge in [-0.05, 0) is 0 Å². The predicted molar refractivity (Wildman–Crippen MR) is 11.1 cm³/mol. The van der Waals surface area contributed by atoms with Gasteiger partial charge in [-0.2, -0.15) is 0 Å². The summed E-state index contributed by atoms with van der Waals surface area (Å²) in [4.78, 5) is 0. The van der Waals surface area contributed by atoms with Crippen LogP contribution in [0.1, 0.15) is 2.85 Å². The van der Waals surface area contributed by atoms with Crippen molar-refractivity contribution < 1.29 is 121 Å². The van der Waals surface area contributed by atoms with E-state index in [2.05, 4.69) is 0 Å². The SMILES string of the molecule is O.OO.[H+].[H+].[Ti].[Ti].[Ti].[V].[V]. The van der Waals surface area contributed by atoms with Gasteiger partial charge < -0.3 is 5.48 Å². The zero-order valence-electron chi connectivity index (χ0n) is 5.79. The molecule has 0 rings (SSSR count). The monoisotopic (exact) mass is 300 g/mol. The van der Waals surface area contributed by atoms with Gasteiger partial charge in [0.1, 0.15) is 0 Å². The molecule has 44 valence electrons. The third-order valence-electron chi connectivity index (χ3n) is 0. The molecule has 0 amide bonds. The summed E-state index contributed by atoms with van der Waals surface area (Å²) in [6.45, 7) is 0. The molecule has 0 aliphatic heterocycles. The van der Waals surface area contributed by atoms with Gasteiger partial charge in [-0.15, -0.1) is 0 Å². The molecule has 0 aromatic heterocycles. The molecule has 0 aliphatic carbocycles. The van der Waals surface area contributed by atoms with Crippen LogP contribution >= 0.6 is 0 Å². The quantitative estimate of drug-likeness (QED) is 0.356. The van der Waals surface area contributed by atoms with Crippen LogP contribution in [0.3, 0.4) is 0 Å². The molecule has 8 heteroatoms. The van der Waals surface area contributed by atoms with Gasteiger partial charge in [0.05, 0.1) is 0 Å². The molecule has 0 saturated heterocycles. The Labute approximate surface area is 119 Å². The molecule has 0 fully saturated rings.